The average molecular weight is 685 g/mol. The van der Waals surface area contributed by atoms with Gasteiger partial charge in [0.15, 0.2) is 0 Å². The van der Waals surface area contributed by atoms with E-state index in [0.29, 0.717) is 5.69 Å². The third-order valence-corrected chi connectivity index (χ3v) is 5.56. The maximum Gasteiger partial charge on any atom is 0.272 e. The quantitative estimate of drug-likeness (QED) is 0.411. The fourth-order valence-corrected chi connectivity index (χ4v) is 6.25. The summed E-state index contributed by atoms with van der Waals surface area (Å²) in [5, 5.41) is 3.04. The number of halogens is 4. The van der Waals surface area contributed by atoms with Gasteiger partial charge in [-0.25, -0.2) is 0 Å². The Balaban J connectivity index is 2.30. The number of benzene rings is 1. The normalized spacial score (nSPS) is 10.7. The van der Waals surface area contributed by atoms with Gasteiger partial charge in [-0.15, -0.1) is 0 Å². The molecule has 0 aliphatic rings. The van der Waals surface area contributed by atoms with Crippen LogP contribution < -0.4 is 5.32 Å². The van der Waals surface area contributed by atoms with E-state index in [1.54, 1.807) is 0 Å². The number of aryl methyl sites for hydroxylation is 1. The molecule has 0 bridgehead atoms. The summed E-state index contributed by atoms with van der Waals surface area (Å²) in [4.78, 5) is 12.6. The lowest BCUT2D eigenvalue weighted by atomic mass is 10.3. The minimum Gasteiger partial charge on any atom is -0.342 e. The molecular formula is C14H12BrI3N2O. The molecule has 0 saturated carbocycles. The van der Waals surface area contributed by atoms with E-state index < -0.39 is 0 Å². The second-order valence-electron chi connectivity index (χ2n) is 4.44. The van der Waals surface area contributed by atoms with Crippen molar-refractivity contribution in [2.24, 2.45) is 0 Å². The second kappa shape index (κ2) is 7.95. The number of carbonyl (C=O) groups excluding carboxylic acids is 1. The van der Waals surface area contributed by atoms with E-state index in [1.165, 1.54) is 0 Å². The number of nitrogens with zero attached hydrogens (tertiary/aromatic N) is 1. The lowest BCUT2D eigenvalue weighted by molar-refractivity contribution is 0.101. The predicted molar refractivity (Wildman–Crippen MR) is 115 cm³/mol. The van der Waals surface area contributed by atoms with Crippen molar-refractivity contribution in [2.45, 2.75) is 19.9 Å². The molecule has 3 nitrogen and oxygen atoms in total. The first-order valence-electron chi connectivity index (χ1n) is 6.24. The van der Waals surface area contributed by atoms with Gasteiger partial charge in [0.05, 0.1) is 5.69 Å². The van der Waals surface area contributed by atoms with Crippen LogP contribution in [0.5, 0.6) is 0 Å². The molecule has 0 radical (unpaired) electrons. The van der Waals surface area contributed by atoms with Gasteiger partial charge in [0.2, 0.25) is 0 Å². The lowest BCUT2D eigenvalue weighted by Crippen LogP contribution is -2.18. The van der Waals surface area contributed by atoms with Crippen molar-refractivity contribution in [1.29, 1.82) is 0 Å². The summed E-state index contributed by atoms with van der Waals surface area (Å²) in [6.45, 7) is 2.93. The molecule has 0 aliphatic heterocycles. The highest BCUT2D eigenvalue weighted by Gasteiger charge is 2.16. The minimum absolute atomic E-state index is 0.0776. The van der Waals surface area contributed by atoms with E-state index in [2.05, 4.69) is 108 Å². The number of nitrogens with one attached hydrogen (secondary N) is 1. The number of hydrogen-bond donors (Lipinski definition) is 1. The number of amides is 1. The third-order valence-electron chi connectivity index (χ3n) is 2.81. The van der Waals surface area contributed by atoms with Crippen molar-refractivity contribution in [2.75, 3.05) is 5.32 Å². The molecule has 0 unspecified atom stereocenters. The van der Waals surface area contributed by atoms with Crippen molar-refractivity contribution in [3.8, 4) is 0 Å². The molecular weight excluding hydrogens is 673 g/mol. The van der Waals surface area contributed by atoms with Gasteiger partial charge in [-0.3, -0.25) is 4.79 Å². The Kier molecular flexibility index (Phi) is 6.81. The van der Waals surface area contributed by atoms with Gasteiger partial charge in [0, 0.05) is 27.9 Å². The van der Waals surface area contributed by atoms with Gasteiger partial charge in [-0.2, -0.15) is 0 Å². The minimum atomic E-state index is -0.0776. The molecule has 2 aromatic rings. The van der Waals surface area contributed by atoms with E-state index in [9.17, 15) is 4.79 Å². The molecule has 112 valence electrons. The molecule has 0 aliphatic carbocycles. The van der Waals surface area contributed by atoms with Crippen molar-refractivity contribution in [3.63, 3.8) is 0 Å². The third kappa shape index (κ3) is 4.56. The van der Waals surface area contributed by atoms with Crippen LogP contribution in [0.1, 0.15) is 23.8 Å². The zero-order valence-corrected chi connectivity index (χ0v) is 19.1. The molecule has 0 atom stereocenters. The first-order valence-corrected chi connectivity index (χ1v) is 10.3. The topological polar surface area (TPSA) is 34.0 Å². The number of anilines is 1. The smallest absolute Gasteiger partial charge is 0.272 e. The van der Waals surface area contributed by atoms with Gasteiger partial charge in [0.25, 0.3) is 5.91 Å². The van der Waals surface area contributed by atoms with Crippen molar-refractivity contribution >= 4 is 95.3 Å². The Bertz CT molecular complexity index is 662. The van der Waals surface area contributed by atoms with Crippen LogP contribution in [0.25, 0.3) is 0 Å². The molecule has 0 fully saturated rings. The number of aromatic nitrogens is 1. The molecule has 1 amide bonds. The van der Waals surface area contributed by atoms with Crippen LogP contribution >= 0.6 is 83.7 Å². The number of carbonyl (C=O) groups is 1. The van der Waals surface area contributed by atoms with Crippen LogP contribution in [-0.4, -0.2) is 10.5 Å². The second-order valence-corrected chi connectivity index (χ2v) is 8.92. The van der Waals surface area contributed by atoms with E-state index in [1.807, 2.05) is 16.8 Å². The Morgan fingerprint density at radius 1 is 1.24 bits per heavy atom. The highest BCUT2D eigenvalue weighted by Crippen LogP contribution is 2.28. The summed E-state index contributed by atoms with van der Waals surface area (Å²) in [6.07, 6.45) is 2.93. The molecule has 1 aromatic carbocycles. The molecule has 1 heterocycles. The van der Waals surface area contributed by atoms with E-state index in [-0.39, 0.29) is 5.91 Å². The standard InChI is InChI=1S/C14H12BrI3N2O/c1-2-3-20-7-8(15)4-12(20)14(21)19-13-10(17)5-9(16)6-11(13)18/h4-7H,2-3H2,1H3,(H,19,21). The summed E-state index contributed by atoms with van der Waals surface area (Å²) < 4.78 is 6.16. The Labute approximate surface area is 173 Å². The van der Waals surface area contributed by atoms with Crippen LogP contribution in [0, 0.1) is 10.7 Å². The monoisotopic (exact) mass is 684 g/mol. The van der Waals surface area contributed by atoms with Gasteiger partial charge in [-0.1, -0.05) is 6.92 Å². The van der Waals surface area contributed by atoms with Crippen LogP contribution in [0.15, 0.2) is 28.9 Å². The van der Waals surface area contributed by atoms with E-state index in [0.717, 1.165) is 33.8 Å². The summed E-state index contributed by atoms with van der Waals surface area (Å²) in [5.41, 5.74) is 1.55. The van der Waals surface area contributed by atoms with Gasteiger partial charge in [-0.05, 0) is 108 Å². The number of hydrogen-bond acceptors (Lipinski definition) is 1. The Morgan fingerprint density at radius 3 is 2.43 bits per heavy atom. The summed E-state index contributed by atoms with van der Waals surface area (Å²) in [7, 11) is 0. The predicted octanol–water partition coefficient (Wildman–Crippen LogP) is 5.73. The first-order chi connectivity index (χ1) is 9.92. The first kappa shape index (κ1) is 18.0. The van der Waals surface area contributed by atoms with Crippen LogP contribution in [0.3, 0.4) is 0 Å². The zero-order valence-electron chi connectivity index (χ0n) is 11.1. The fraction of sp³-hybridized carbons (Fsp3) is 0.214. The molecule has 0 saturated heterocycles. The van der Waals surface area contributed by atoms with E-state index >= 15 is 0 Å². The average Bonchev–Trinajstić information content (AvgIpc) is 2.75. The molecule has 1 aromatic heterocycles. The fourth-order valence-electron chi connectivity index (χ4n) is 1.93. The van der Waals surface area contributed by atoms with Gasteiger partial charge < -0.3 is 9.88 Å². The Hall–Kier alpha value is 0.640. The molecule has 7 heteroatoms. The van der Waals surface area contributed by atoms with Crippen LogP contribution in [0.4, 0.5) is 5.69 Å². The number of rotatable bonds is 4. The van der Waals surface area contributed by atoms with Crippen molar-refractivity contribution in [3.05, 3.63) is 45.3 Å². The molecule has 1 N–H and O–H groups in total. The van der Waals surface area contributed by atoms with Crippen molar-refractivity contribution in [1.82, 2.24) is 4.57 Å². The Morgan fingerprint density at radius 2 is 1.86 bits per heavy atom. The largest absolute Gasteiger partial charge is 0.342 e. The maximum absolute atomic E-state index is 12.6. The molecule has 21 heavy (non-hydrogen) atoms. The maximum atomic E-state index is 12.6. The summed E-state index contributed by atoms with van der Waals surface area (Å²) >= 11 is 10.2. The van der Waals surface area contributed by atoms with Crippen molar-refractivity contribution < 1.29 is 4.79 Å². The highest BCUT2D eigenvalue weighted by atomic mass is 127. The van der Waals surface area contributed by atoms with Crippen LogP contribution in [-0.2, 0) is 6.54 Å². The van der Waals surface area contributed by atoms with Gasteiger partial charge >= 0.3 is 0 Å². The molecule has 0 spiro atoms. The van der Waals surface area contributed by atoms with Crippen LogP contribution in [0.2, 0.25) is 0 Å². The summed E-state index contributed by atoms with van der Waals surface area (Å²) in [5.74, 6) is -0.0776. The molecule has 2 rings (SSSR count). The highest BCUT2D eigenvalue weighted by molar-refractivity contribution is 14.1. The lowest BCUT2D eigenvalue weighted by Gasteiger charge is -2.12. The summed E-state index contributed by atoms with van der Waals surface area (Å²) in [6, 6.07) is 5.97. The SMILES string of the molecule is CCCn1cc(Br)cc1C(=O)Nc1c(I)cc(I)cc1I. The van der Waals surface area contributed by atoms with Gasteiger partial charge in [0.1, 0.15) is 5.69 Å². The van der Waals surface area contributed by atoms with E-state index in [4.69, 9.17) is 0 Å². The zero-order chi connectivity index (χ0) is 15.6.